The Bertz CT molecular complexity index is 850. The molecule has 1 N–H and O–H groups in total. The van der Waals surface area contributed by atoms with Gasteiger partial charge in [-0.15, -0.1) is 0 Å². The number of rotatable bonds is 3. The van der Waals surface area contributed by atoms with E-state index < -0.39 is 5.97 Å². The van der Waals surface area contributed by atoms with Crippen molar-refractivity contribution in [3.05, 3.63) is 53.5 Å². The first kappa shape index (κ1) is 14.3. The van der Waals surface area contributed by atoms with Gasteiger partial charge < -0.3 is 9.52 Å². The summed E-state index contributed by atoms with van der Waals surface area (Å²) in [4.78, 5) is 15.5. The molecular formula is C17H14FNO3. The lowest BCUT2D eigenvalue weighted by Crippen LogP contribution is -1.93. The number of carbonyl (C=O) groups is 1. The molecule has 0 fully saturated rings. The molecule has 0 saturated heterocycles. The lowest BCUT2D eigenvalue weighted by atomic mass is 10.00. The van der Waals surface area contributed by atoms with E-state index in [1.54, 1.807) is 12.1 Å². The van der Waals surface area contributed by atoms with Crippen molar-refractivity contribution in [3.63, 3.8) is 0 Å². The van der Waals surface area contributed by atoms with E-state index in [2.05, 4.69) is 4.98 Å². The third-order valence-corrected chi connectivity index (χ3v) is 3.48. The van der Waals surface area contributed by atoms with Crippen LogP contribution >= 0.6 is 0 Å². The molecule has 5 heteroatoms. The van der Waals surface area contributed by atoms with Gasteiger partial charge in [-0.2, -0.15) is 0 Å². The number of carboxylic acids is 1. The van der Waals surface area contributed by atoms with E-state index in [0.717, 1.165) is 11.1 Å². The molecule has 0 aliphatic carbocycles. The molecule has 0 aliphatic rings. The highest BCUT2D eigenvalue weighted by Gasteiger charge is 2.18. The Labute approximate surface area is 126 Å². The number of aromatic nitrogens is 1. The second-order valence-electron chi connectivity index (χ2n) is 5.39. The van der Waals surface area contributed by atoms with Crippen LogP contribution in [0.5, 0.6) is 0 Å². The molecule has 1 aromatic carbocycles. The molecule has 0 saturated carbocycles. The monoisotopic (exact) mass is 299 g/mol. The number of nitrogens with zero attached hydrogens (tertiary/aromatic N) is 1. The smallest absolute Gasteiger partial charge is 0.371 e. The van der Waals surface area contributed by atoms with Crippen LogP contribution < -0.4 is 0 Å². The van der Waals surface area contributed by atoms with Crippen LogP contribution in [0, 0.1) is 5.82 Å². The second kappa shape index (κ2) is 5.26. The fraction of sp³-hybridized carbons (Fsp3) is 0.176. The lowest BCUT2D eigenvalue weighted by molar-refractivity contribution is 0.0665. The number of aromatic carboxylic acids is 1. The molecule has 0 spiro atoms. The lowest BCUT2D eigenvalue weighted by Gasteiger charge is -2.09. The van der Waals surface area contributed by atoms with Crippen LogP contribution in [0.2, 0.25) is 0 Å². The minimum Gasteiger partial charge on any atom is -0.475 e. The Kier molecular flexibility index (Phi) is 3.41. The molecule has 4 nitrogen and oxygen atoms in total. The summed E-state index contributed by atoms with van der Waals surface area (Å²) >= 11 is 0. The highest BCUT2D eigenvalue weighted by molar-refractivity contribution is 5.91. The van der Waals surface area contributed by atoms with Crippen LogP contribution in [0.3, 0.4) is 0 Å². The van der Waals surface area contributed by atoms with Crippen molar-refractivity contribution in [2.45, 2.75) is 19.8 Å². The van der Waals surface area contributed by atoms with Crippen LogP contribution in [-0.2, 0) is 0 Å². The molecule has 0 bridgehead atoms. The Morgan fingerprint density at radius 3 is 2.50 bits per heavy atom. The highest BCUT2D eigenvalue weighted by Crippen LogP contribution is 2.31. The topological polar surface area (TPSA) is 63.3 Å². The molecule has 2 heterocycles. The van der Waals surface area contributed by atoms with Crippen LogP contribution in [0.1, 0.15) is 35.9 Å². The summed E-state index contributed by atoms with van der Waals surface area (Å²) in [6.07, 6.45) is 0. The van der Waals surface area contributed by atoms with E-state index in [-0.39, 0.29) is 17.5 Å². The van der Waals surface area contributed by atoms with E-state index in [1.165, 1.54) is 18.2 Å². The normalized spacial score (nSPS) is 11.3. The van der Waals surface area contributed by atoms with Crippen molar-refractivity contribution in [1.29, 1.82) is 0 Å². The maximum atomic E-state index is 13.1. The van der Waals surface area contributed by atoms with E-state index in [4.69, 9.17) is 9.52 Å². The maximum Gasteiger partial charge on any atom is 0.371 e. The highest BCUT2D eigenvalue weighted by atomic mass is 19.1. The first-order valence-electron chi connectivity index (χ1n) is 6.89. The Morgan fingerprint density at radius 2 is 1.91 bits per heavy atom. The number of fused-ring (bicyclic) bond motifs is 1. The largest absolute Gasteiger partial charge is 0.475 e. The zero-order valence-electron chi connectivity index (χ0n) is 12.1. The average Bonchev–Trinajstić information content (AvgIpc) is 2.91. The third kappa shape index (κ3) is 2.45. The number of pyridine rings is 1. The third-order valence-electron chi connectivity index (χ3n) is 3.48. The molecule has 2 aromatic heterocycles. The van der Waals surface area contributed by atoms with E-state index in [9.17, 15) is 9.18 Å². The van der Waals surface area contributed by atoms with Crippen molar-refractivity contribution in [3.8, 4) is 11.3 Å². The van der Waals surface area contributed by atoms with Gasteiger partial charge in [-0.1, -0.05) is 13.8 Å². The maximum absolute atomic E-state index is 13.1. The van der Waals surface area contributed by atoms with Crippen molar-refractivity contribution < 1.29 is 18.7 Å². The van der Waals surface area contributed by atoms with E-state index in [0.29, 0.717) is 16.8 Å². The molecule has 112 valence electrons. The fourth-order valence-corrected chi connectivity index (χ4v) is 2.35. The predicted octanol–water partition coefficient (Wildman–Crippen LogP) is 4.46. The van der Waals surface area contributed by atoms with Gasteiger partial charge in [0.15, 0.2) is 5.58 Å². The molecular weight excluding hydrogens is 285 g/mol. The number of furan rings is 1. The quantitative estimate of drug-likeness (QED) is 0.775. The van der Waals surface area contributed by atoms with Crippen molar-refractivity contribution in [1.82, 2.24) is 4.98 Å². The summed E-state index contributed by atoms with van der Waals surface area (Å²) in [5.74, 6) is -1.44. The van der Waals surface area contributed by atoms with Crippen molar-refractivity contribution in [2.75, 3.05) is 0 Å². The molecule has 22 heavy (non-hydrogen) atoms. The van der Waals surface area contributed by atoms with Crippen molar-refractivity contribution >= 4 is 17.1 Å². The average molecular weight is 299 g/mol. The van der Waals surface area contributed by atoms with Gasteiger partial charge >= 0.3 is 5.97 Å². The van der Waals surface area contributed by atoms with Gasteiger partial charge in [-0.05, 0) is 36.2 Å². The van der Waals surface area contributed by atoms with Gasteiger partial charge in [-0.25, -0.2) is 14.2 Å². The van der Waals surface area contributed by atoms with Gasteiger partial charge in [0, 0.05) is 17.2 Å². The molecule has 0 amide bonds. The Balaban J connectivity index is 2.24. The van der Waals surface area contributed by atoms with Crippen LogP contribution in [0.4, 0.5) is 4.39 Å². The summed E-state index contributed by atoms with van der Waals surface area (Å²) in [6.45, 7) is 3.98. The Morgan fingerprint density at radius 1 is 1.23 bits per heavy atom. The SMILES string of the molecule is CC(C)c1cc(-c2ccc(F)cc2)nc2cc(C(=O)O)oc12. The van der Waals surface area contributed by atoms with Gasteiger partial charge in [0.1, 0.15) is 11.3 Å². The first-order chi connectivity index (χ1) is 10.5. The van der Waals surface area contributed by atoms with Gasteiger partial charge in [0.25, 0.3) is 0 Å². The summed E-state index contributed by atoms with van der Waals surface area (Å²) in [5, 5.41) is 9.07. The number of hydrogen-bond acceptors (Lipinski definition) is 3. The van der Waals surface area contributed by atoms with E-state index >= 15 is 0 Å². The molecule has 0 unspecified atom stereocenters. The van der Waals surface area contributed by atoms with Crippen LogP contribution in [0.25, 0.3) is 22.4 Å². The zero-order chi connectivity index (χ0) is 15.9. The summed E-state index contributed by atoms with van der Waals surface area (Å²) < 4.78 is 18.5. The first-order valence-corrected chi connectivity index (χ1v) is 6.89. The van der Waals surface area contributed by atoms with Crippen LogP contribution in [-0.4, -0.2) is 16.1 Å². The minimum atomic E-state index is -1.13. The molecule has 0 atom stereocenters. The number of halogens is 1. The summed E-state index contributed by atoms with van der Waals surface area (Å²) in [5.41, 5.74) is 3.27. The molecule has 0 aliphatic heterocycles. The predicted molar refractivity (Wildman–Crippen MR) is 80.5 cm³/mol. The standard InChI is InChI=1S/C17H14FNO3/c1-9(2)12-7-13(10-3-5-11(18)6-4-10)19-14-8-15(17(20)21)22-16(12)14/h3-9H,1-2H3,(H,20,21). The zero-order valence-corrected chi connectivity index (χ0v) is 12.1. The number of hydrogen-bond donors (Lipinski definition) is 1. The Hall–Kier alpha value is -2.69. The fourth-order valence-electron chi connectivity index (χ4n) is 2.35. The van der Waals surface area contributed by atoms with Crippen molar-refractivity contribution in [2.24, 2.45) is 0 Å². The van der Waals surface area contributed by atoms with E-state index in [1.807, 2.05) is 19.9 Å². The number of benzene rings is 1. The van der Waals surface area contributed by atoms with Crippen LogP contribution in [0.15, 0.2) is 40.8 Å². The number of carboxylic acid groups (broad SMARTS) is 1. The van der Waals surface area contributed by atoms with Gasteiger partial charge in [0.05, 0.1) is 5.69 Å². The molecule has 3 aromatic rings. The summed E-state index contributed by atoms with van der Waals surface area (Å²) in [7, 11) is 0. The van der Waals surface area contributed by atoms with Gasteiger partial charge in [0.2, 0.25) is 5.76 Å². The molecule has 0 radical (unpaired) electrons. The summed E-state index contributed by atoms with van der Waals surface area (Å²) in [6, 6.07) is 9.30. The van der Waals surface area contributed by atoms with Gasteiger partial charge in [-0.3, -0.25) is 0 Å². The second-order valence-corrected chi connectivity index (χ2v) is 5.39. The minimum absolute atomic E-state index is 0.137. The molecule has 3 rings (SSSR count).